The molecular formula is C10H10ClFO. The van der Waals surface area contributed by atoms with Crippen molar-refractivity contribution in [3.63, 3.8) is 0 Å². The predicted octanol–water partition coefficient (Wildman–Crippen LogP) is 2.64. The Balaban J connectivity index is 2.69. The van der Waals surface area contributed by atoms with Gasteiger partial charge in [-0.25, -0.2) is 4.39 Å². The lowest BCUT2D eigenvalue weighted by Gasteiger charge is -2.03. The van der Waals surface area contributed by atoms with Gasteiger partial charge in [0.15, 0.2) is 6.17 Å². The molecular weight excluding hydrogens is 191 g/mol. The van der Waals surface area contributed by atoms with Crippen molar-refractivity contribution < 1.29 is 9.18 Å². The van der Waals surface area contributed by atoms with Gasteiger partial charge in [-0.05, 0) is 24.1 Å². The first-order valence-electron chi connectivity index (χ1n) is 3.98. The normalized spacial score (nSPS) is 12.5. The maximum Gasteiger partial charge on any atom is 0.256 e. The van der Waals surface area contributed by atoms with E-state index in [1.165, 1.54) is 0 Å². The zero-order valence-electron chi connectivity index (χ0n) is 7.26. The minimum absolute atomic E-state index is 0.0595. The van der Waals surface area contributed by atoms with Crippen molar-refractivity contribution in [2.24, 2.45) is 0 Å². The number of alkyl halides is 1. The highest BCUT2D eigenvalue weighted by molar-refractivity contribution is 6.64. The van der Waals surface area contributed by atoms with Gasteiger partial charge in [0.05, 0.1) is 0 Å². The number of benzene rings is 1. The number of hydrogen-bond donors (Lipinski definition) is 0. The standard InChI is InChI=1S/C10H10ClFO/c1-7-3-2-4-8(5-7)6-9(12)10(11)13/h2-5,9H,6H2,1H3. The lowest BCUT2D eigenvalue weighted by Crippen LogP contribution is -2.12. The van der Waals surface area contributed by atoms with E-state index in [-0.39, 0.29) is 6.42 Å². The summed E-state index contributed by atoms with van der Waals surface area (Å²) in [4.78, 5) is 10.4. The molecule has 70 valence electrons. The maximum atomic E-state index is 12.9. The Hall–Kier alpha value is -0.890. The second-order valence-electron chi connectivity index (χ2n) is 2.96. The van der Waals surface area contributed by atoms with Gasteiger partial charge in [0, 0.05) is 6.42 Å². The number of carbonyl (C=O) groups is 1. The first kappa shape index (κ1) is 10.2. The molecule has 1 aromatic carbocycles. The Kier molecular flexibility index (Phi) is 3.43. The van der Waals surface area contributed by atoms with E-state index in [0.717, 1.165) is 11.1 Å². The molecule has 3 heteroatoms. The molecule has 0 fully saturated rings. The number of hydrogen-bond acceptors (Lipinski definition) is 1. The van der Waals surface area contributed by atoms with Crippen molar-refractivity contribution in [1.82, 2.24) is 0 Å². The Labute approximate surface area is 81.5 Å². The van der Waals surface area contributed by atoms with Crippen LogP contribution >= 0.6 is 11.6 Å². The molecule has 0 aliphatic rings. The molecule has 0 aliphatic carbocycles. The summed E-state index contributed by atoms with van der Waals surface area (Å²) >= 11 is 5.00. The topological polar surface area (TPSA) is 17.1 Å². The van der Waals surface area contributed by atoms with Gasteiger partial charge >= 0.3 is 0 Å². The third-order valence-electron chi connectivity index (χ3n) is 1.74. The molecule has 0 saturated carbocycles. The number of rotatable bonds is 3. The second kappa shape index (κ2) is 4.38. The summed E-state index contributed by atoms with van der Waals surface area (Å²) in [6, 6.07) is 7.36. The van der Waals surface area contributed by atoms with Crippen molar-refractivity contribution in [1.29, 1.82) is 0 Å². The highest BCUT2D eigenvalue weighted by Gasteiger charge is 2.14. The van der Waals surface area contributed by atoms with Crippen molar-refractivity contribution in [3.8, 4) is 0 Å². The molecule has 0 heterocycles. The van der Waals surface area contributed by atoms with Crippen LogP contribution in [0.5, 0.6) is 0 Å². The Bertz CT molecular complexity index is 312. The minimum atomic E-state index is -1.59. The lowest BCUT2D eigenvalue weighted by molar-refractivity contribution is -0.115. The fraction of sp³-hybridized carbons (Fsp3) is 0.300. The largest absolute Gasteiger partial charge is 0.278 e. The molecule has 0 N–H and O–H groups in total. The molecule has 0 aliphatic heterocycles. The molecule has 1 aromatic rings. The monoisotopic (exact) mass is 200 g/mol. The first-order valence-corrected chi connectivity index (χ1v) is 4.36. The van der Waals surface area contributed by atoms with E-state index in [9.17, 15) is 9.18 Å². The molecule has 0 aromatic heterocycles. The van der Waals surface area contributed by atoms with Gasteiger partial charge in [-0.15, -0.1) is 0 Å². The number of carbonyl (C=O) groups excluding carboxylic acids is 1. The average molecular weight is 201 g/mol. The summed E-state index contributed by atoms with van der Waals surface area (Å²) in [6.45, 7) is 1.92. The summed E-state index contributed by atoms with van der Waals surface area (Å²) < 4.78 is 12.9. The maximum absolute atomic E-state index is 12.9. The quantitative estimate of drug-likeness (QED) is 0.686. The van der Waals surface area contributed by atoms with E-state index in [0.29, 0.717) is 0 Å². The van der Waals surface area contributed by atoms with Crippen molar-refractivity contribution >= 4 is 16.8 Å². The van der Waals surface area contributed by atoms with Crippen molar-refractivity contribution in [3.05, 3.63) is 35.4 Å². The van der Waals surface area contributed by atoms with E-state index in [1.807, 2.05) is 25.1 Å². The molecule has 1 atom stereocenters. The molecule has 1 unspecified atom stereocenters. The zero-order valence-corrected chi connectivity index (χ0v) is 8.01. The number of aryl methyl sites for hydroxylation is 1. The smallest absolute Gasteiger partial charge is 0.256 e. The van der Waals surface area contributed by atoms with Crippen LogP contribution in [-0.4, -0.2) is 11.4 Å². The van der Waals surface area contributed by atoms with Crippen LogP contribution in [0.25, 0.3) is 0 Å². The highest BCUT2D eigenvalue weighted by Crippen LogP contribution is 2.10. The van der Waals surface area contributed by atoms with Crippen LogP contribution in [0, 0.1) is 6.92 Å². The van der Waals surface area contributed by atoms with Crippen LogP contribution < -0.4 is 0 Å². The molecule has 13 heavy (non-hydrogen) atoms. The second-order valence-corrected chi connectivity index (χ2v) is 3.34. The van der Waals surface area contributed by atoms with Gasteiger partial charge in [-0.2, -0.15) is 0 Å². The minimum Gasteiger partial charge on any atom is -0.278 e. The van der Waals surface area contributed by atoms with Crippen LogP contribution in [0.4, 0.5) is 4.39 Å². The predicted molar refractivity (Wildman–Crippen MR) is 50.6 cm³/mol. The van der Waals surface area contributed by atoms with E-state index in [1.54, 1.807) is 6.07 Å². The zero-order chi connectivity index (χ0) is 9.84. The molecule has 0 radical (unpaired) electrons. The SMILES string of the molecule is Cc1cccc(CC(F)C(=O)Cl)c1. The van der Waals surface area contributed by atoms with Gasteiger partial charge in [-0.3, -0.25) is 4.79 Å². The summed E-state index contributed by atoms with van der Waals surface area (Å²) in [7, 11) is 0. The van der Waals surface area contributed by atoms with Crippen LogP contribution in [0.1, 0.15) is 11.1 Å². The first-order chi connectivity index (χ1) is 6.09. The molecule has 0 saturated heterocycles. The van der Waals surface area contributed by atoms with E-state index in [2.05, 4.69) is 0 Å². The third kappa shape index (κ3) is 3.15. The summed E-state index contributed by atoms with van der Waals surface area (Å²) in [5, 5.41) is -0.929. The fourth-order valence-electron chi connectivity index (χ4n) is 1.13. The highest BCUT2D eigenvalue weighted by atomic mass is 35.5. The van der Waals surface area contributed by atoms with E-state index < -0.39 is 11.4 Å². The molecule has 0 amide bonds. The van der Waals surface area contributed by atoms with Gasteiger partial charge in [-0.1, -0.05) is 29.8 Å². The van der Waals surface area contributed by atoms with Crippen LogP contribution in [0.3, 0.4) is 0 Å². The molecule has 1 nitrogen and oxygen atoms in total. The Morgan fingerprint density at radius 2 is 2.31 bits per heavy atom. The van der Waals surface area contributed by atoms with E-state index in [4.69, 9.17) is 11.6 Å². The fourth-order valence-corrected chi connectivity index (χ4v) is 1.20. The van der Waals surface area contributed by atoms with Gasteiger partial charge in [0.25, 0.3) is 5.24 Å². The summed E-state index contributed by atoms with van der Waals surface area (Å²) in [6.07, 6.45) is -1.53. The Morgan fingerprint density at radius 1 is 1.62 bits per heavy atom. The summed E-state index contributed by atoms with van der Waals surface area (Å²) in [5.74, 6) is 0. The van der Waals surface area contributed by atoms with Crippen LogP contribution in [0.2, 0.25) is 0 Å². The molecule has 1 rings (SSSR count). The molecule has 0 bridgehead atoms. The molecule has 0 spiro atoms. The van der Waals surface area contributed by atoms with Crippen LogP contribution in [0.15, 0.2) is 24.3 Å². The number of halogens is 2. The van der Waals surface area contributed by atoms with Crippen molar-refractivity contribution in [2.75, 3.05) is 0 Å². The van der Waals surface area contributed by atoms with Gasteiger partial charge < -0.3 is 0 Å². The van der Waals surface area contributed by atoms with Crippen molar-refractivity contribution in [2.45, 2.75) is 19.5 Å². The van der Waals surface area contributed by atoms with Crippen LogP contribution in [-0.2, 0) is 11.2 Å². The third-order valence-corrected chi connectivity index (χ3v) is 1.98. The lowest BCUT2D eigenvalue weighted by atomic mass is 10.1. The van der Waals surface area contributed by atoms with Gasteiger partial charge in [0.1, 0.15) is 0 Å². The average Bonchev–Trinajstić information content (AvgIpc) is 2.04. The Morgan fingerprint density at radius 3 is 2.85 bits per heavy atom. The van der Waals surface area contributed by atoms with E-state index >= 15 is 0 Å². The summed E-state index contributed by atoms with van der Waals surface area (Å²) in [5.41, 5.74) is 1.84. The van der Waals surface area contributed by atoms with Gasteiger partial charge in [0.2, 0.25) is 0 Å².